The van der Waals surface area contributed by atoms with Gasteiger partial charge < -0.3 is 19.5 Å². The molecular formula is C13H21NO4. The van der Waals surface area contributed by atoms with Crippen LogP contribution in [0.2, 0.25) is 0 Å². The lowest BCUT2D eigenvalue weighted by atomic mass is 9.66. The SMILES string of the molecule is CO[C@@H]1CC2(C[C@@H]3CCC(=O)N[C@]31C)OCCO2. The molecule has 5 heteroatoms. The molecule has 0 aromatic heterocycles. The third-order valence-electron chi connectivity index (χ3n) is 4.80. The molecule has 2 aliphatic heterocycles. The summed E-state index contributed by atoms with van der Waals surface area (Å²) in [6, 6.07) is 0. The van der Waals surface area contributed by atoms with Gasteiger partial charge in [-0.3, -0.25) is 4.79 Å². The second kappa shape index (κ2) is 4.18. The first-order valence-electron chi connectivity index (χ1n) is 6.70. The van der Waals surface area contributed by atoms with Gasteiger partial charge in [0, 0.05) is 26.4 Å². The molecule has 0 radical (unpaired) electrons. The summed E-state index contributed by atoms with van der Waals surface area (Å²) in [5.41, 5.74) is -0.287. The predicted molar refractivity (Wildman–Crippen MR) is 63.9 cm³/mol. The van der Waals surface area contributed by atoms with Crippen molar-refractivity contribution < 1.29 is 19.0 Å². The molecule has 0 unspecified atom stereocenters. The van der Waals surface area contributed by atoms with E-state index in [1.807, 2.05) is 0 Å². The van der Waals surface area contributed by atoms with Crippen LogP contribution in [0.3, 0.4) is 0 Å². The summed E-state index contributed by atoms with van der Waals surface area (Å²) in [6.07, 6.45) is 2.96. The van der Waals surface area contributed by atoms with Gasteiger partial charge in [0.05, 0.1) is 24.9 Å². The van der Waals surface area contributed by atoms with Gasteiger partial charge in [-0.15, -0.1) is 0 Å². The van der Waals surface area contributed by atoms with Crippen LogP contribution in [-0.4, -0.2) is 43.7 Å². The molecule has 3 atom stereocenters. The van der Waals surface area contributed by atoms with E-state index in [0.29, 0.717) is 32.0 Å². The average molecular weight is 255 g/mol. The van der Waals surface area contributed by atoms with Crippen molar-refractivity contribution in [1.82, 2.24) is 5.32 Å². The van der Waals surface area contributed by atoms with Gasteiger partial charge in [-0.25, -0.2) is 0 Å². The zero-order valence-electron chi connectivity index (χ0n) is 11.0. The minimum atomic E-state index is -0.479. The summed E-state index contributed by atoms with van der Waals surface area (Å²) in [6.45, 7) is 3.41. The van der Waals surface area contributed by atoms with Crippen molar-refractivity contribution in [1.29, 1.82) is 0 Å². The van der Waals surface area contributed by atoms with E-state index in [9.17, 15) is 4.79 Å². The van der Waals surface area contributed by atoms with E-state index in [4.69, 9.17) is 14.2 Å². The first-order valence-corrected chi connectivity index (χ1v) is 6.70. The fourth-order valence-electron chi connectivity index (χ4n) is 3.74. The summed E-state index contributed by atoms with van der Waals surface area (Å²) >= 11 is 0. The Hall–Kier alpha value is -0.650. The average Bonchev–Trinajstić information content (AvgIpc) is 2.78. The van der Waals surface area contributed by atoms with Crippen molar-refractivity contribution in [3.63, 3.8) is 0 Å². The van der Waals surface area contributed by atoms with E-state index in [0.717, 1.165) is 12.8 Å². The second-order valence-corrected chi connectivity index (χ2v) is 5.81. The zero-order chi connectivity index (χ0) is 12.8. The Bertz CT molecular complexity index is 341. The number of nitrogens with one attached hydrogen (secondary N) is 1. The maximum atomic E-state index is 11.7. The van der Waals surface area contributed by atoms with E-state index in [2.05, 4.69) is 12.2 Å². The highest BCUT2D eigenvalue weighted by molar-refractivity contribution is 5.78. The smallest absolute Gasteiger partial charge is 0.220 e. The van der Waals surface area contributed by atoms with Gasteiger partial charge in [-0.05, 0) is 19.3 Å². The number of methoxy groups -OCH3 is 1. The number of carbonyl (C=O) groups excluding carboxylic acids is 1. The predicted octanol–water partition coefficient (Wildman–Crippen LogP) is 0.823. The van der Waals surface area contributed by atoms with Crippen LogP contribution in [0, 0.1) is 5.92 Å². The Morgan fingerprint density at radius 2 is 2.06 bits per heavy atom. The van der Waals surface area contributed by atoms with E-state index in [-0.39, 0.29) is 17.6 Å². The first-order chi connectivity index (χ1) is 8.58. The number of hydrogen-bond acceptors (Lipinski definition) is 4. The number of hydrogen-bond donors (Lipinski definition) is 1. The highest BCUT2D eigenvalue weighted by atomic mass is 16.7. The quantitative estimate of drug-likeness (QED) is 0.754. The summed E-state index contributed by atoms with van der Waals surface area (Å²) in [5.74, 6) is -0.000533. The van der Waals surface area contributed by atoms with Crippen LogP contribution in [0.1, 0.15) is 32.6 Å². The standard InChI is InChI=1S/C13H21NO4/c1-12-9(3-4-11(15)14-12)7-13(8-10(12)16-2)17-5-6-18-13/h9-10H,3-8H2,1-2H3,(H,14,15)/t9-,10+,12+/m0/s1. The molecule has 0 aromatic carbocycles. The second-order valence-electron chi connectivity index (χ2n) is 5.81. The molecule has 1 N–H and O–H groups in total. The van der Waals surface area contributed by atoms with E-state index in [1.165, 1.54) is 0 Å². The number of ether oxygens (including phenoxy) is 3. The third kappa shape index (κ3) is 1.76. The first kappa shape index (κ1) is 12.4. The van der Waals surface area contributed by atoms with Crippen molar-refractivity contribution in [3.05, 3.63) is 0 Å². The largest absolute Gasteiger partial charge is 0.379 e. The van der Waals surface area contributed by atoms with Gasteiger partial charge in [0.2, 0.25) is 5.91 Å². The van der Waals surface area contributed by atoms with E-state index in [1.54, 1.807) is 7.11 Å². The third-order valence-corrected chi connectivity index (χ3v) is 4.80. The van der Waals surface area contributed by atoms with Crippen LogP contribution in [0.4, 0.5) is 0 Å². The molecular weight excluding hydrogens is 234 g/mol. The molecule has 2 heterocycles. The summed E-state index contributed by atoms with van der Waals surface area (Å²) in [7, 11) is 1.70. The minimum Gasteiger partial charge on any atom is -0.379 e. The van der Waals surface area contributed by atoms with Crippen molar-refractivity contribution in [2.24, 2.45) is 5.92 Å². The molecule has 3 fully saturated rings. The maximum Gasteiger partial charge on any atom is 0.220 e. The fraction of sp³-hybridized carbons (Fsp3) is 0.923. The van der Waals surface area contributed by atoms with Gasteiger partial charge in [0.25, 0.3) is 0 Å². The van der Waals surface area contributed by atoms with Crippen molar-refractivity contribution in [3.8, 4) is 0 Å². The number of carbonyl (C=O) groups is 1. The van der Waals surface area contributed by atoms with Gasteiger partial charge in [-0.2, -0.15) is 0 Å². The number of fused-ring (bicyclic) bond motifs is 1. The molecule has 102 valence electrons. The Labute approximate surface area is 107 Å². The molecule has 0 aromatic rings. The lowest BCUT2D eigenvalue weighted by Crippen LogP contribution is -2.68. The maximum absolute atomic E-state index is 11.7. The molecule has 3 aliphatic rings. The van der Waals surface area contributed by atoms with Gasteiger partial charge in [-0.1, -0.05) is 0 Å². The van der Waals surface area contributed by atoms with Crippen LogP contribution in [0.15, 0.2) is 0 Å². The van der Waals surface area contributed by atoms with Crippen LogP contribution in [0.5, 0.6) is 0 Å². The topological polar surface area (TPSA) is 56.8 Å². The van der Waals surface area contributed by atoms with Crippen molar-refractivity contribution in [2.45, 2.75) is 50.0 Å². The Morgan fingerprint density at radius 3 is 2.72 bits per heavy atom. The van der Waals surface area contributed by atoms with Crippen LogP contribution >= 0.6 is 0 Å². The monoisotopic (exact) mass is 255 g/mol. The Morgan fingerprint density at radius 1 is 1.33 bits per heavy atom. The lowest BCUT2D eigenvalue weighted by Gasteiger charge is -2.54. The normalized spacial score (nSPS) is 42.7. The van der Waals surface area contributed by atoms with Gasteiger partial charge in [0.1, 0.15) is 0 Å². The molecule has 1 spiro atoms. The Kier molecular flexibility index (Phi) is 2.88. The molecule has 5 nitrogen and oxygen atoms in total. The number of piperidine rings is 1. The Balaban J connectivity index is 1.87. The molecule has 1 amide bonds. The fourth-order valence-corrected chi connectivity index (χ4v) is 3.74. The molecule has 18 heavy (non-hydrogen) atoms. The zero-order valence-corrected chi connectivity index (χ0v) is 11.0. The van der Waals surface area contributed by atoms with E-state index < -0.39 is 5.79 Å². The summed E-state index contributed by atoms with van der Waals surface area (Å²) in [4.78, 5) is 11.7. The lowest BCUT2D eigenvalue weighted by molar-refractivity contribution is -0.232. The number of rotatable bonds is 1. The van der Waals surface area contributed by atoms with Crippen LogP contribution < -0.4 is 5.32 Å². The molecule has 0 bridgehead atoms. The number of amides is 1. The van der Waals surface area contributed by atoms with Crippen molar-refractivity contribution in [2.75, 3.05) is 20.3 Å². The molecule has 3 rings (SSSR count). The molecule has 1 saturated carbocycles. The van der Waals surface area contributed by atoms with Gasteiger partial charge in [0.15, 0.2) is 5.79 Å². The minimum absolute atomic E-state index is 0.0569. The molecule has 1 aliphatic carbocycles. The van der Waals surface area contributed by atoms with Crippen LogP contribution in [-0.2, 0) is 19.0 Å². The van der Waals surface area contributed by atoms with E-state index >= 15 is 0 Å². The highest BCUT2D eigenvalue weighted by Crippen LogP contribution is 2.47. The van der Waals surface area contributed by atoms with Gasteiger partial charge >= 0.3 is 0 Å². The summed E-state index contributed by atoms with van der Waals surface area (Å²) in [5, 5.41) is 3.13. The van der Waals surface area contributed by atoms with Crippen molar-refractivity contribution >= 4 is 5.91 Å². The summed E-state index contributed by atoms with van der Waals surface area (Å²) < 4.78 is 17.3. The highest BCUT2D eigenvalue weighted by Gasteiger charge is 2.57. The van der Waals surface area contributed by atoms with Crippen LogP contribution in [0.25, 0.3) is 0 Å². The molecule has 2 saturated heterocycles.